The van der Waals surface area contributed by atoms with Crippen molar-refractivity contribution >= 4 is 11.6 Å². The summed E-state index contributed by atoms with van der Waals surface area (Å²) < 4.78 is 10.6. The number of ether oxygens (including phenoxy) is 2. The van der Waals surface area contributed by atoms with Gasteiger partial charge in [0.2, 0.25) is 5.91 Å². The van der Waals surface area contributed by atoms with Gasteiger partial charge in [0.1, 0.15) is 6.04 Å². The Labute approximate surface area is 126 Å². The number of amides is 1. The number of rotatable bonds is 5. The highest BCUT2D eigenvalue weighted by Gasteiger charge is 2.23. The first-order chi connectivity index (χ1) is 10.1. The molecule has 1 unspecified atom stereocenters. The fourth-order valence-corrected chi connectivity index (χ4v) is 2.64. The van der Waals surface area contributed by atoms with Crippen LogP contribution in [0.2, 0.25) is 0 Å². The number of benzene rings is 1. The van der Waals surface area contributed by atoms with Crippen molar-refractivity contribution in [1.82, 2.24) is 4.90 Å². The van der Waals surface area contributed by atoms with Gasteiger partial charge in [0.05, 0.1) is 14.2 Å². The minimum absolute atomic E-state index is 0.154. The normalized spacial score (nSPS) is 15.7. The number of anilines is 1. The van der Waals surface area contributed by atoms with Crippen molar-refractivity contribution in [3.05, 3.63) is 17.7 Å². The zero-order valence-electron chi connectivity index (χ0n) is 13.2. The van der Waals surface area contributed by atoms with Gasteiger partial charge in [0.25, 0.3) is 0 Å². The van der Waals surface area contributed by atoms with E-state index in [9.17, 15) is 4.79 Å². The number of hydrogen-bond acceptors (Lipinski definition) is 4. The van der Waals surface area contributed by atoms with Crippen LogP contribution in [0, 0.1) is 6.92 Å². The SMILES string of the molecule is COc1cc(C)c(NC(C)C(=O)N2CCCC2)cc1OC. The molecule has 0 spiro atoms. The first-order valence-electron chi connectivity index (χ1n) is 7.34. The van der Waals surface area contributed by atoms with Gasteiger partial charge in [-0.15, -0.1) is 0 Å². The maximum atomic E-state index is 12.3. The minimum Gasteiger partial charge on any atom is -0.493 e. The number of carbonyl (C=O) groups excluding carboxylic acids is 1. The van der Waals surface area contributed by atoms with E-state index < -0.39 is 0 Å². The van der Waals surface area contributed by atoms with E-state index in [0.717, 1.165) is 37.2 Å². The van der Waals surface area contributed by atoms with E-state index in [0.29, 0.717) is 11.5 Å². The number of carbonyl (C=O) groups is 1. The lowest BCUT2D eigenvalue weighted by Crippen LogP contribution is -2.39. The Morgan fingerprint density at radius 3 is 2.33 bits per heavy atom. The molecule has 1 amide bonds. The van der Waals surface area contributed by atoms with Crippen LogP contribution >= 0.6 is 0 Å². The number of likely N-dealkylation sites (tertiary alicyclic amines) is 1. The van der Waals surface area contributed by atoms with Crippen LogP contribution < -0.4 is 14.8 Å². The van der Waals surface area contributed by atoms with Crippen LogP contribution in [0.4, 0.5) is 5.69 Å². The molecule has 1 aliphatic rings. The van der Waals surface area contributed by atoms with Gasteiger partial charge in [-0.3, -0.25) is 4.79 Å². The Kier molecular flexibility index (Phi) is 4.94. The lowest BCUT2D eigenvalue weighted by Gasteiger charge is -2.23. The molecule has 1 aromatic rings. The first kappa shape index (κ1) is 15.5. The van der Waals surface area contributed by atoms with Gasteiger partial charge in [-0.2, -0.15) is 0 Å². The van der Waals surface area contributed by atoms with E-state index in [4.69, 9.17) is 9.47 Å². The first-order valence-corrected chi connectivity index (χ1v) is 7.34. The highest BCUT2D eigenvalue weighted by Crippen LogP contribution is 2.33. The quantitative estimate of drug-likeness (QED) is 0.905. The maximum absolute atomic E-state index is 12.3. The summed E-state index contributed by atoms with van der Waals surface area (Å²) in [5.41, 5.74) is 1.92. The molecule has 5 nitrogen and oxygen atoms in total. The standard InChI is InChI=1S/C16H24N2O3/c1-11-9-14(20-3)15(21-4)10-13(11)17-12(2)16(19)18-7-5-6-8-18/h9-10,12,17H,5-8H2,1-4H3. The predicted octanol–water partition coefficient (Wildman–Crippen LogP) is 2.44. The molecule has 0 aromatic heterocycles. The van der Waals surface area contributed by atoms with Crippen LogP contribution in [0.25, 0.3) is 0 Å². The third-order valence-electron chi connectivity index (χ3n) is 3.89. The van der Waals surface area contributed by atoms with Crippen molar-refractivity contribution in [2.45, 2.75) is 32.7 Å². The molecule has 1 aliphatic heterocycles. The number of nitrogens with one attached hydrogen (secondary N) is 1. The van der Waals surface area contributed by atoms with Gasteiger partial charge in [-0.05, 0) is 38.3 Å². The number of nitrogens with zero attached hydrogens (tertiary/aromatic N) is 1. The van der Waals surface area contributed by atoms with Crippen LogP contribution in [-0.4, -0.2) is 44.2 Å². The zero-order chi connectivity index (χ0) is 15.4. The van der Waals surface area contributed by atoms with Gasteiger partial charge < -0.3 is 19.7 Å². The smallest absolute Gasteiger partial charge is 0.244 e. The van der Waals surface area contributed by atoms with Gasteiger partial charge >= 0.3 is 0 Å². The molecule has 116 valence electrons. The molecule has 1 heterocycles. The average Bonchev–Trinajstić information content (AvgIpc) is 3.02. The van der Waals surface area contributed by atoms with E-state index in [2.05, 4.69) is 5.32 Å². The van der Waals surface area contributed by atoms with E-state index >= 15 is 0 Å². The summed E-state index contributed by atoms with van der Waals surface area (Å²) in [5, 5.41) is 3.29. The van der Waals surface area contributed by atoms with E-state index in [-0.39, 0.29) is 11.9 Å². The Morgan fingerprint density at radius 2 is 1.76 bits per heavy atom. The van der Waals surface area contributed by atoms with Gasteiger partial charge in [0.15, 0.2) is 11.5 Å². The highest BCUT2D eigenvalue weighted by molar-refractivity contribution is 5.85. The third kappa shape index (κ3) is 3.40. The highest BCUT2D eigenvalue weighted by atomic mass is 16.5. The molecule has 0 saturated carbocycles. The molecule has 2 rings (SSSR count). The molecule has 1 saturated heterocycles. The fourth-order valence-electron chi connectivity index (χ4n) is 2.64. The lowest BCUT2D eigenvalue weighted by atomic mass is 10.1. The Morgan fingerprint density at radius 1 is 1.19 bits per heavy atom. The van der Waals surface area contributed by atoms with Crippen molar-refractivity contribution in [1.29, 1.82) is 0 Å². The minimum atomic E-state index is -0.250. The summed E-state index contributed by atoms with van der Waals surface area (Å²) in [4.78, 5) is 14.3. The lowest BCUT2D eigenvalue weighted by molar-refractivity contribution is -0.130. The second-order valence-electron chi connectivity index (χ2n) is 5.42. The van der Waals surface area contributed by atoms with Crippen LogP contribution in [0.15, 0.2) is 12.1 Å². The molecule has 1 aromatic carbocycles. The molecule has 0 aliphatic carbocycles. The summed E-state index contributed by atoms with van der Waals surface area (Å²) in [6, 6.07) is 3.54. The van der Waals surface area contributed by atoms with Gasteiger partial charge in [-0.1, -0.05) is 0 Å². The molecular weight excluding hydrogens is 268 g/mol. The number of aryl methyl sites for hydroxylation is 1. The fraction of sp³-hybridized carbons (Fsp3) is 0.562. The predicted molar refractivity (Wildman–Crippen MR) is 83.2 cm³/mol. The van der Waals surface area contributed by atoms with Crippen molar-refractivity contribution < 1.29 is 14.3 Å². The van der Waals surface area contributed by atoms with Crippen LogP contribution in [0.3, 0.4) is 0 Å². The summed E-state index contributed by atoms with van der Waals surface area (Å²) >= 11 is 0. The molecule has 21 heavy (non-hydrogen) atoms. The molecule has 0 radical (unpaired) electrons. The largest absolute Gasteiger partial charge is 0.493 e. The van der Waals surface area contributed by atoms with Crippen molar-refractivity contribution in [3.63, 3.8) is 0 Å². The second kappa shape index (κ2) is 6.70. The van der Waals surface area contributed by atoms with Gasteiger partial charge in [-0.25, -0.2) is 0 Å². The Bertz CT molecular complexity index is 510. The van der Waals surface area contributed by atoms with Crippen LogP contribution in [0.1, 0.15) is 25.3 Å². The van der Waals surface area contributed by atoms with Crippen molar-refractivity contribution in [3.8, 4) is 11.5 Å². The van der Waals surface area contributed by atoms with Gasteiger partial charge in [0, 0.05) is 24.8 Å². The molecule has 1 N–H and O–H groups in total. The molecule has 1 atom stereocenters. The summed E-state index contributed by atoms with van der Waals surface area (Å²) in [7, 11) is 3.22. The zero-order valence-corrected chi connectivity index (χ0v) is 13.2. The summed E-state index contributed by atoms with van der Waals surface area (Å²) in [6.07, 6.45) is 2.21. The van der Waals surface area contributed by atoms with Crippen LogP contribution in [0.5, 0.6) is 11.5 Å². The van der Waals surface area contributed by atoms with E-state index in [1.807, 2.05) is 30.9 Å². The van der Waals surface area contributed by atoms with Crippen LogP contribution in [-0.2, 0) is 4.79 Å². The second-order valence-corrected chi connectivity index (χ2v) is 5.42. The third-order valence-corrected chi connectivity index (χ3v) is 3.89. The molecule has 1 fully saturated rings. The number of methoxy groups -OCH3 is 2. The van der Waals surface area contributed by atoms with Crippen molar-refractivity contribution in [2.24, 2.45) is 0 Å². The summed E-state index contributed by atoms with van der Waals surface area (Å²) in [5.74, 6) is 1.51. The van der Waals surface area contributed by atoms with E-state index in [1.165, 1.54) is 0 Å². The van der Waals surface area contributed by atoms with E-state index in [1.54, 1.807) is 14.2 Å². The Balaban J connectivity index is 2.12. The monoisotopic (exact) mass is 292 g/mol. The van der Waals surface area contributed by atoms with Crippen molar-refractivity contribution in [2.75, 3.05) is 32.6 Å². The Hall–Kier alpha value is -1.91. The molecular formula is C16H24N2O3. The molecule has 0 bridgehead atoms. The summed E-state index contributed by atoms with van der Waals surface area (Å²) in [6.45, 7) is 5.62. The maximum Gasteiger partial charge on any atom is 0.244 e. The topological polar surface area (TPSA) is 50.8 Å². The average molecular weight is 292 g/mol. The number of hydrogen-bond donors (Lipinski definition) is 1. The molecule has 5 heteroatoms.